The molecule has 0 aromatic carbocycles. The minimum absolute atomic E-state index is 0.0260. The number of nitrogens with one attached hydrogen (secondary N) is 2. The van der Waals surface area contributed by atoms with Gasteiger partial charge in [0.15, 0.2) is 0 Å². The molecular formula is C16H30N4O2. The highest BCUT2D eigenvalue weighted by Crippen LogP contribution is 2.24. The Labute approximate surface area is 133 Å². The van der Waals surface area contributed by atoms with Crippen LogP contribution in [0.2, 0.25) is 0 Å². The third-order valence-corrected chi connectivity index (χ3v) is 4.77. The van der Waals surface area contributed by atoms with Gasteiger partial charge in [-0.2, -0.15) is 0 Å². The van der Waals surface area contributed by atoms with Gasteiger partial charge in [-0.25, -0.2) is 4.79 Å². The topological polar surface area (TPSA) is 64.7 Å². The molecule has 126 valence electrons. The van der Waals surface area contributed by atoms with E-state index in [2.05, 4.69) is 20.4 Å². The number of carbonyl (C=O) groups excluding carboxylic acids is 2. The summed E-state index contributed by atoms with van der Waals surface area (Å²) in [4.78, 5) is 28.5. The van der Waals surface area contributed by atoms with Gasteiger partial charge in [-0.3, -0.25) is 19.9 Å². The molecule has 1 heterocycles. The Balaban J connectivity index is 1.75. The van der Waals surface area contributed by atoms with Crippen LogP contribution in [0.15, 0.2) is 0 Å². The lowest BCUT2D eigenvalue weighted by Crippen LogP contribution is -2.56. The zero-order valence-electron chi connectivity index (χ0n) is 14.1. The van der Waals surface area contributed by atoms with Gasteiger partial charge in [0, 0.05) is 38.3 Å². The summed E-state index contributed by atoms with van der Waals surface area (Å²) in [6.07, 6.45) is 5.36. The average Bonchev–Trinajstić information content (AvgIpc) is 2.99. The lowest BCUT2D eigenvalue weighted by atomic mass is 10.1. The molecule has 1 aliphatic heterocycles. The highest BCUT2D eigenvalue weighted by molar-refractivity contribution is 5.96. The molecule has 1 atom stereocenters. The van der Waals surface area contributed by atoms with Crippen LogP contribution >= 0.6 is 0 Å². The maximum Gasteiger partial charge on any atom is 0.321 e. The number of urea groups is 1. The monoisotopic (exact) mass is 310 g/mol. The quantitative estimate of drug-likeness (QED) is 0.818. The van der Waals surface area contributed by atoms with E-state index >= 15 is 0 Å². The Morgan fingerprint density at radius 2 is 1.59 bits per heavy atom. The van der Waals surface area contributed by atoms with Gasteiger partial charge >= 0.3 is 6.03 Å². The van der Waals surface area contributed by atoms with Crippen molar-refractivity contribution in [1.82, 2.24) is 20.4 Å². The number of hydrogen-bond acceptors (Lipinski definition) is 4. The van der Waals surface area contributed by atoms with E-state index < -0.39 is 6.03 Å². The van der Waals surface area contributed by atoms with Gasteiger partial charge in [0.05, 0.1) is 6.04 Å². The minimum Gasteiger partial charge on any atom is -0.336 e. The van der Waals surface area contributed by atoms with Gasteiger partial charge in [-0.15, -0.1) is 0 Å². The van der Waals surface area contributed by atoms with Crippen molar-refractivity contribution in [1.29, 1.82) is 0 Å². The number of imide groups is 1. The highest BCUT2D eigenvalue weighted by atomic mass is 16.2. The van der Waals surface area contributed by atoms with E-state index in [4.69, 9.17) is 0 Å². The molecular weight excluding hydrogens is 280 g/mol. The summed E-state index contributed by atoms with van der Waals surface area (Å²) in [7, 11) is 0. The van der Waals surface area contributed by atoms with Crippen molar-refractivity contribution < 1.29 is 9.59 Å². The molecule has 0 radical (unpaired) electrons. The fourth-order valence-corrected chi connectivity index (χ4v) is 3.44. The Morgan fingerprint density at radius 3 is 2.14 bits per heavy atom. The van der Waals surface area contributed by atoms with E-state index in [-0.39, 0.29) is 18.0 Å². The van der Waals surface area contributed by atoms with Crippen molar-refractivity contribution >= 4 is 11.9 Å². The normalized spacial score (nSPS) is 22.7. The molecule has 1 aliphatic carbocycles. The first-order chi connectivity index (χ1) is 10.5. The van der Waals surface area contributed by atoms with Crippen LogP contribution in [0.1, 0.15) is 46.5 Å². The van der Waals surface area contributed by atoms with E-state index in [1.165, 1.54) is 25.7 Å². The van der Waals surface area contributed by atoms with E-state index in [9.17, 15) is 9.59 Å². The Bertz CT molecular complexity index is 386. The number of hydrogen-bond donors (Lipinski definition) is 2. The van der Waals surface area contributed by atoms with Crippen LogP contribution < -0.4 is 10.6 Å². The fourth-order valence-electron chi connectivity index (χ4n) is 3.44. The van der Waals surface area contributed by atoms with Gasteiger partial charge in [0.2, 0.25) is 5.91 Å². The molecule has 1 saturated heterocycles. The van der Waals surface area contributed by atoms with Crippen molar-refractivity contribution in [2.45, 2.75) is 64.6 Å². The molecule has 1 saturated carbocycles. The van der Waals surface area contributed by atoms with Gasteiger partial charge < -0.3 is 5.32 Å². The largest absolute Gasteiger partial charge is 0.336 e. The van der Waals surface area contributed by atoms with Crippen LogP contribution in [-0.2, 0) is 4.79 Å². The molecule has 2 fully saturated rings. The van der Waals surface area contributed by atoms with Crippen LogP contribution in [0, 0.1) is 0 Å². The molecule has 2 aliphatic rings. The molecule has 2 rings (SSSR count). The van der Waals surface area contributed by atoms with Gasteiger partial charge in [-0.1, -0.05) is 12.8 Å². The van der Waals surface area contributed by atoms with E-state index in [1.54, 1.807) is 0 Å². The smallest absolute Gasteiger partial charge is 0.321 e. The first kappa shape index (κ1) is 17.2. The van der Waals surface area contributed by atoms with Gasteiger partial charge in [0.25, 0.3) is 0 Å². The molecule has 0 aromatic heterocycles. The number of piperazine rings is 1. The van der Waals surface area contributed by atoms with Gasteiger partial charge in [0.1, 0.15) is 0 Å². The summed E-state index contributed by atoms with van der Waals surface area (Å²) in [5.74, 6) is -0.215. The van der Waals surface area contributed by atoms with Crippen molar-refractivity contribution in [3.63, 3.8) is 0 Å². The number of nitrogens with zero attached hydrogens (tertiary/aromatic N) is 2. The van der Waals surface area contributed by atoms with E-state index in [1.807, 2.05) is 20.8 Å². The summed E-state index contributed by atoms with van der Waals surface area (Å²) in [6.45, 7) is 9.48. The van der Waals surface area contributed by atoms with Crippen LogP contribution in [0.4, 0.5) is 4.79 Å². The van der Waals surface area contributed by atoms with Crippen molar-refractivity contribution in [3.8, 4) is 0 Å². The van der Waals surface area contributed by atoms with Crippen molar-refractivity contribution in [3.05, 3.63) is 0 Å². The predicted octanol–water partition coefficient (Wildman–Crippen LogP) is 1.17. The van der Waals surface area contributed by atoms with Crippen LogP contribution in [0.25, 0.3) is 0 Å². The standard InChI is InChI=1S/C16H30N4O2/c1-12(2)17-16(22)18-15(21)13(3)19-8-10-20(11-9-19)14-6-4-5-7-14/h12-14H,4-11H2,1-3H3,(H2,17,18,21,22). The highest BCUT2D eigenvalue weighted by Gasteiger charge is 2.30. The molecule has 3 amide bonds. The lowest BCUT2D eigenvalue weighted by Gasteiger charge is -2.40. The maximum atomic E-state index is 12.1. The van der Waals surface area contributed by atoms with Crippen molar-refractivity contribution in [2.24, 2.45) is 0 Å². The second-order valence-corrected chi connectivity index (χ2v) is 6.80. The zero-order valence-corrected chi connectivity index (χ0v) is 14.1. The number of rotatable bonds is 4. The number of amides is 3. The zero-order chi connectivity index (χ0) is 16.1. The van der Waals surface area contributed by atoms with E-state index in [0.29, 0.717) is 0 Å². The Morgan fingerprint density at radius 1 is 1.00 bits per heavy atom. The third-order valence-electron chi connectivity index (χ3n) is 4.77. The Hall–Kier alpha value is -1.14. The van der Waals surface area contributed by atoms with Crippen LogP contribution in [0.5, 0.6) is 0 Å². The summed E-state index contributed by atoms with van der Waals surface area (Å²) < 4.78 is 0. The first-order valence-electron chi connectivity index (χ1n) is 8.57. The molecule has 0 spiro atoms. The maximum absolute atomic E-state index is 12.1. The summed E-state index contributed by atoms with van der Waals surface area (Å²) in [5.41, 5.74) is 0. The molecule has 0 aromatic rings. The SMILES string of the molecule is CC(C)NC(=O)NC(=O)C(C)N1CCN(C2CCCC2)CC1. The molecule has 22 heavy (non-hydrogen) atoms. The average molecular weight is 310 g/mol. The second-order valence-electron chi connectivity index (χ2n) is 6.80. The fraction of sp³-hybridized carbons (Fsp3) is 0.875. The molecule has 6 heteroatoms. The lowest BCUT2D eigenvalue weighted by molar-refractivity contribution is -0.125. The first-order valence-corrected chi connectivity index (χ1v) is 8.57. The second kappa shape index (κ2) is 7.92. The minimum atomic E-state index is -0.406. The van der Waals surface area contributed by atoms with E-state index in [0.717, 1.165) is 32.2 Å². The molecule has 6 nitrogen and oxygen atoms in total. The summed E-state index contributed by atoms with van der Waals surface area (Å²) >= 11 is 0. The number of carbonyl (C=O) groups is 2. The predicted molar refractivity (Wildman–Crippen MR) is 86.7 cm³/mol. The summed E-state index contributed by atoms with van der Waals surface area (Å²) in [6, 6.07) is 0.112. The summed E-state index contributed by atoms with van der Waals surface area (Å²) in [5, 5.41) is 5.11. The molecule has 2 N–H and O–H groups in total. The molecule has 1 unspecified atom stereocenters. The molecule has 0 bridgehead atoms. The van der Waals surface area contributed by atoms with Crippen LogP contribution in [-0.4, -0.2) is 66.0 Å². The third kappa shape index (κ3) is 4.68. The van der Waals surface area contributed by atoms with Crippen molar-refractivity contribution in [2.75, 3.05) is 26.2 Å². The Kier molecular flexibility index (Phi) is 6.20. The van der Waals surface area contributed by atoms with Gasteiger partial charge in [-0.05, 0) is 33.6 Å². The van der Waals surface area contributed by atoms with Crippen LogP contribution in [0.3, 0.4) is 0 Å².